The number of anilines is 1. The van der Waals surface area contributed by atoms with Gasteiger partial charge in [-0.25, -0.2) is 9.97 Å². The lowest BCUT2D eigenvalue weighted by Crippen LogP contribution is -2.27. The number of carbonyl (C=O) groups is 1. The second kappa shape index (κ2) is 8.88. The van der Waals surface area contributed by atoms with Crippen LogP contribution in [-0.2, 0) is 6.54 Å². The van der Waals surface area contributed by atoms with Gasteiger partial charge in [0.2, 0.25) is 0 Å². The van der Waals surface area contributed by atoms with Crippen LogP contribution in [0.5, 0.6) is 0 Å². The standard InChI is InChI=1S/C18H24N4O/c1-3-10-22(11-4-2)17-14-19-16(13-20-17)18(23)21-12-15-8-6-5-7-9-15/h5-9,13-14H,3-4,10-12H2,1-2H3,(H,21,23). The monoisotopic (exact) mass is 312 g/mol. The summed E-state index contributed by atoms with van der Waals surface area (Å²) in [6.07, 6.45) is 5.35. The molecule has 0 bridgehead atoms. The van der Waals surface area contributed by atoms with E-state index in [-0.39, 0.29) is 5.91 Å². The molecule has 2 rings (SSSR count). The van der Waals surface area contributed by atoms with E-state index in [1.165, 1.54) is 0 Å². The van der Waals surface area contributed by atoms with Crippen molar-refractivity contribution in [3.05, 3.63) is 54.0 Å². The van der Waals surface area contributed by atoms with Crippen molar-refractivity contribution in [1.29, 1.82) is 0 Å². The summed E-state index contributed by atoms with van der Waals surface area (Å²) >= 11 is 0. The average molecular weight is 312 g/mol. The number of rotatable bonds is 8. The molecule has 0 radical (unpaired) electrons. The van der Waals surface area contributed by atoms with Crippen LogP contribution in [0.25, 0.3) is 0 Å². The highest BCUT2D eigenvalue weighted by Crippen LogP contribution is 2.10. The third-order valence-corrected chi connectivity index (χ3v) is 3.48. The quantitative estimate of drug-likeness (QED) is 0.814. The van der Waals surface area contributed by atoms with Crippen molar-refractivity contribution in [3.8, 4) is 0 Å². The molecule has 2 aromatic rings. The molecule has 1 amide bonds. The van der Waals surface area contributed by atoms with Gasteiger partial charge < -0.3 is 10.2 Å². The molecule has 0 spiro atoms. The molecule has 23 heavy (non-hydrogen) atoms. The van der Waals surface area contributed by atoms with Gasteiger partial charge in [0.25, 0.3) is 5.91 Å². The molecule has 0 aliphatic carbocycles. The molecule has 122 valence electrons. The van der Waals surface area contributed by atoms with Gasteiger partial charge in [0.05, 0.1) is 12.4 Å². The van der Waals surface area contributed by atoms with Gasteiger partial charge in [-0.15, -0.1) is 0 Å². The van der Waals surface area contributed by atoms with E-state index in [9.17, 15) is 4.79 Å². The van der Waals surface area contributed by atoms with E-state index in [2.05, 4.69) is 34.0 Å². The molecule has 0 aliphatic rings. The first kappa shape index (κ1) is 16.9. The van der Waals surface area contributed by atoms with Gasteiger partial charge in [0.1, 0.15) is 11.5 Å². The van der Waals surface area contributed by atoms with E-state index in [1.54, 1.807) is 12.4 Å². The Morgan fingerprint density at radius 3 is 2.30 bits per heavy atom. The van der Waals surface area contributed by atoms with Crippen LogP contribution in [0.1, 0.15) is 42.7 Å². The molecule has 1 N–H and O–H groups in total. The minimum absolute atomic E-state index is 0.203. The highest BCUT2D eigenvalue weighted by molar-refractivity contribution is 5.91. The van der Waals surface area contributed by atoms with Crippen molar-refractivity contribution in [2.45, 2.75) is 33.2 Å². The highest BCUT2D eigenvalue weighted by atomic mass is 16.1. The van der Waals surface area contributed by atoms with Gasteiger partial charge in [0, 0.05) is 19.6 Å². The van der Waals surface area contributed by atoms with Crippen LogP contribution >= 0.6 is 0 Å². The van der Waals surface area contributed by atoms with Gasteiger partial charge in [0.15, 0.2) is 0 Å². The number of amides is 1. The first-order valence-corrected chi connectivity index (χ1v) is 8.13. The predicted octanol–water partition coefficient (Wildman–Crippen LogP) is 3.03. The zero-order valence-corrected chi connectivity index (χ0v) is 13.8. The van der Waals surface area contributed by atoms with E-state index < -0.39 is 0 Å². The smallest absolute Gasteiger partial charge is 0.271 e. The van der Waals surface area contributed by atoms with Crippen molar-refractivity contribution < 1.29 is 4.79 Å². The minimum atomic E-state index is -0.203. The van der Waals surface area contributed by atoms with E-state index in [0.717, 1.165) is 37.3 Å². The van der Waals surface area contributed by atoms with Crippen molar-refractivity contribution in [2.75, 3.05) is 18.0 Å². The van der Waals surface area contributed by atoms with Gasteiger partial charge in [-0.3, -0.25) is 4.79 Å². The molecular formula is C18H24N4O. The lowest BCUT2D eigenvalue weighted by Gasteiger charge is -2.22. The Hall–Kier alpha value is -2.43. The summed E-state index contributed by atoms with van der Waals surface area (Å²) in [4.78, 5) is 23.0. The Bertz CT molecular complexity index is 592. The summed E-state index contributed by atoms with van der Waals surface area (Å²) in [6, 6.07) is 9.80. The Balaban J connectivity index is 1.96. The lowest BCUT2D eigenvalue weighted by atomic mass is 10.2. The summed E-state index contributed by atoms with van der Waals surface area (Å²) in [7, 11) is 0. The molecule has 1 heterocycles. The van der Waals surface area contributed by atoms with E-state index in [0.29, 0.717) is 12.2 Å². The molecule has 0 aliphatic heterocycles. The minimum Gasteiger partial charge on any atom is -0.355 e. The summed E-state index contributed by atoms with van der Waals surface area (Å²) in [5.74, 6) is 0.624. The van der Waals surface area contributed by atoms with E-state index in [1.807, 2.05) is 30.3 Å². The first-order chi connectivity index (χ1) is 11.2. The van der Waals surface area contributed by atoms with E-state index in [4.69, 9.17) is 0 Å². The Labute approximate surface area is 137 Å². The number of nitrogens with one attached hydrogen (secondary N) is 1. The molecule has 5 nitrogen and oxygen atoms in total. The summed E-state index contributed by atoms with van der Waals surface area (Å²) in [6.45, 7) is 6.66. The fourth-order valence-corrected chi connectivity index (χ4v) is 2.35. The fourth-order valence-electron chi connectivity index (χ4n) is 2.35. The third-order valence-electron chi connectivity index (χ3n) is 3.48. The van der Waals surface area contributed by atoms with Gasteiger partial charge >= 0.3 is 0 Å². The van der Waals surface area contributed by atoms with Crippen molar-refractivity contribution in [2.24, 2.45) is 0 Å². The maximum atomic E-state index is 12.1. The zero-order valence-electron chi connectivity index (χ0n) is 13.8. The Kier molecular flexibility index (Phi) is 6.54. The van der Waals surface area contributed by atoms with Gasteiger partial charge in [-0.1, -0.05) is 44.2 Å². The second-order valence-corrected chi connectivity index (χ2v) is 5.42. The zero-order chi connectivity index (χ0) is 16.5. The number of nitrogens with zero attached hydrogens (tertiary/aromatic N) is 3. The number of hydrogen-bond donors (Lipinski definition) is 1. The summed E-state index contributed by atoms with van der Waals surface area (Å²) in [5.41, 5.74) is 1.40. The molecule has 5 heteroatoms. The van der Waals surface area contributed by atoms with Crippen LogP contribution in [0.2, 0.25) is 0 Å². The van der Waals surface area contributed by atoms with Crippen LogP contribution in [0, 0.1) is 0 Å². The van der Waals surface area contributed by atoms with Crippen LogP contribution < -0.4 is 10.2 Å². The van der Waals surface area contributed by atoms with Crippen LogP contribution in [-0.4, -0.2) is 29.0 Å². The average Bonchev–Trinajstić information content (AvgIpc) is 2.60. The molecule has 1 aromatic heterocycles. The fraction of sp³-hybridized carbons (Fsp3) is 0.389. The van der Waals surface area contributed by atoms with Gasteiger partial charge in [-0.2, -0.15) is 0 Å². The molecule has 0 atom stereocenters. The topological polar surface area (TPSA) is 58.1 Å². The van der Waals surface area contributed by atoms with Crippen LogP contribution in [0.3, 0.4) is 0 Å². The molecule has 0 saturated heterocycles. The van der Waals surface area contributed by atoms with Crippen molar-refractivity contribution in [1.82, 2.24) is 15.3 Å². The number of carbonyl (C=O) groups excluding carboxylic acids is 1. The Morgan fingerprint density at radius 1 is 1.04 bits per heavy atom. The predicted molar refractivity (Wildman–Crippen MR) is 92.4 cm³/mol. The molecule has 0 unspecified atom stereocenters. The molecule has 1 aromatic carbocycles. The number of aromatic nitrogens is 2. The summed E-state index contributed by atoms with van der Waals surface area (Å²) in [5, 5.41) is 2.86. The normalized spacial score (nSPS) is 10.3. The maximum absolute atomic E-state index is 12.1. The maximum Gasteiger partial charge on any atom is 0.271 e. The molecular weight excluding hydrogens is 288 g/mol. The van der Waals surface area contributed by atoms with Gasteiger partial charge in [-0.05, 0) is 18.4 Å². The van der Waals surface area contributed by atoms with Crippen molar-refractivity contribution in [3.63, 3.8) is 0 Å². The summed E-state index contributed by atoms with van der Waals surface area (Å²) < 4.78 is 0. The van der Waals surface area contributed by atoms with Crippen LogP contribution in [0.15, 0.2) is 42.7 Å². The first-order valence-electron chi connectivity index (χ1n) is 8.13. The van der Waals surface area contributed by atoms with E-state index >= 15 is 0 Å². The molecule has 0 saturated carbocycles. The third kappa shape index (κ3) is 5.06. The Morgan fingerprint density at radius 2 is 1.74 bits per heavy atom. The van der Waals surface area contributed by atoms with Crippen LogP contribution in [0.4, 0.5) is 5.82 Å². The number of benzene rings is 1. The lowest BCUT2D eigenvalue weighted by molar-refractivity contribution is 0.0945. The highest BCUT2D eigenvalue weighted by Gasteiger charge is 2.10. The molecule has 0 fully saturated rings. The largest absolute Gasteiger partial charge is 0.355 e. The number of hydrogen-bond acceptors (Lipinski definition) is 4. The SMILES string of the molecule is CCCN(CCC)c1cnc(C(=O)NCc2ccccc2)cn1. The second-order valence-electron chi connectivity index (χ2n) is 5.42. The van der Waals surface area contributed by atoms with Crippen molar-refractivity contribution >= 4 is 11.7 Å².